The van der Waals surface area contributed by atoms with Crippen LogP contribution in [0.1, 0.15) is 25.8 Å². The van der Waals surface area contributed by atoms with Gasteiger partial charge in [-0.15, -0.1) is 0 Å². The topological polar surface area (TPSA) is 32.3 Å². The maximum absolute atomic E-state index is 15.9. The van der Waals surface area contributed by atoms with Gasteiger partial charge in [-0.05, 0) is 23.1 Å². The summed E-state index contributed by atoms with van der Waals surface area (Å²) in [6, 6.07) is 13.4. The second kappa shape index (κ2) is 8.07. The van der Waals surface area contributed by atoms with Gasteiger partial charge >= 0.3 is 0 Å². The molecule has 4 rings (SSSR count). The van der Waals surface area contributed by atoms with E-state index < -0.39 is 11.6 Å². The predicted molar refractivity (Wildman–Crippen MR) is 114 cm³/mol. The lowest BCUT2D eigenvalue weighted by Gasteiger charge is -2.47. The van der Waals surface area contributed by atoms with Gasteiger partial charge in [-0.2, -0.15) is 0 Å². The number of benzene rings is 2. The summed E-state index contributed by atoms with van der Waals surface area (Å²) in [5.74, 6) is 0.162. The van der Waals surface area contributed by atoms with E-state index in [2.05, 4.69) is 18.6 Å². The van der Waals surface area contributed by atoms with Crippen molar-refractivity contribution < 1.29 is 13.6 Å². The Kier molecular flexibility index (Phi) is 5.67. The van der Waals surface area contributed by atoms with E-state index in [4.69, 9.17) is 0 Å². The van der Waals surface area contributed by atoms with Gasteiger partial charge in [0.25, 0.3) is 0 Å². The monoisotopic (exact) mass is 416 g/mol. The molecule has 4 atom stereocenters. The molecule has 0 bridgehead atoms. The number of alkyl halides is 1. The van der Waals surface area contributed by atoms with E-state index >= 15 is 4.39 Å². The molecule has 2 fully saturated rings. The number of rotatable bonds is 7. The standard InChI is InChI=1S/C23H26F2N2OS/c1-3-29-26-13-21-15(2)14-27(21)22(28)19-12-23(19,25)18-10-6-4-8-16(18)17-9-5-7-11-20(17)24/h4-11,15,19,21,26H,3,12-14H2,1-2H3/t15-,19?,21-,23?/m1/s1. The van der Waals surface area contributed by atoms with Gasteiger partial charge in [0.15, 0.2) is 0 Å². The van der Waals surface area contributed by atoms with Crippen molar-refractivity contribution in [3.8, 4) is 11.1 Å². The Labute approximate surface area is 175 Å². The Balaban J connectivity index is 1.54. The van der Waals surface area contributed by atoms with Crippen molar-refractivity contribution >= 4 is 17.9 Å². The second-order valence-corrected chi connectivity index (χ2v) is 9.12. The van der Waals surface area contributed by atoms with E-state index in [0.717, 1.165) is 5.75 Å². The first-order chi connectivity index (χ1) is 14.0. The van der Waals surface area contributed by atoms with Crippen molar-refractivity contribution in [1.29, 1.82) is 0 Å². The van der Waals surface area contributed by atoms with Gasteiger partial charge in [0.05, 0.1) is 5.92 Å². The maximum Gasteiger partial charge on any atom is 0.229 e. The molecule has 154 valence electrons. The van der Waals surface area contributed by atoms with Crippen LogP contribution >= 0.6 is 11.9 Å². The van der Waals surface area contributed by atoms with Crippen molar-refractivity contribution in [2.45, 2.75) is 32.0 Å². The summed E-state index contributed by atoms with van der Waals surface area (Å²) >= 11 is 1.63. The van der Waals surface area contributed by atoms with Crippen LogP contribution in [0.2, 0.25) is 0 Å². The Morgan fingerprint density at radius 3 is 2.59 bits per heavy atom. The fraction of sp³-hybridized carbons (Fsp3) is 0.435. The zero-order chi connectivity index (χ0) is 20.6. The molecule has 1 aliphatic carbocycles. The van der Waals surface area contributed by atoms with Gasteiger partial charge in [-0.3, -0.25) is 9.52 Å². The number of nitrogens with one attached hydrogen (secondary N) is 1. The summed E-state index contributed by atoms with van der Waals surface area (Å²) in [6.07, 6.45) is 0.159. The first kappa shape index (κ1) is 20.4. The molecule has 6 heteroatoms. The molecular formula is C23H26F2N2OS. The number of halogens is 2. The van der Waals surface area contributed by atoms with E-state index in [0.29, 0.717) is 35.7 Å². The van der Waals surface area contributed by atoms with Crippen LogP contribution in [0.3, 0.4) is 0 Å². The van der Waals surface area contributed by atoms with E-state index in [-0.39, 0.29) is 24.2 Å². The third-order valence-electron chi connectivity index (χ3n) is 6.09. The molecule has 1 saturated carbocycles. The normalized spacial score (nSPS) is 28.1. The Hall–Kier alpha value is -1.92. The predicted octanol–water partition coefficient (Wildman–Crippen LogP) is 4.78. The molecule has 2 aromatic rings. The van der Waals surface area contributed by atoms with Gasteiger partial charge in [-0.25, -0.2) is 8.78 Å². The molecule has 1 aliphatic heterocycles. The number of amides is 1. The number of likely N-dealkylation sites (tertiary alicyclic amines) is 1. The van der Waals surface area contributed by atoms with Crippen molar-refractivity contribution in [2.75, 3.05) is 18.8 Å². The molecule has 0 radical (unpaired) electrons. The summed E-state index contributed by atoms with van der Waals surface area (Å²) in [5.41, 5.74) is -0.425. The molecular weight excluding hydrogens is 390 g/mol. The lowest BCUT2D eigenvalue weighted by atomic mass is 9.89. The molecule has 2 aliphatic rings. The minimum atomic E-state index is -1.73. The van der Waals surface area contributed by atoms with Crippen LogP contribution in [0.4, 0.5) is 8.78 Å². The van der Waals surface area contributed by atoms with Gasteiger partial charge in [0, 0.05) is 36.9 Å². The third-order valence-corrected chi connectivity index (χ3v) is 6.75. The summed E-state index contributed by atoms with van der Waals surface area (Å²) in [7, 11) is 0. The summed E-state index contributed by atoms with van der Waals surface area (Å²) in [4.78, 5) is 14.9. The highest BCUT2D eigenvalue weighted by Gasteiger charge is 2.63. The molecule has 1 amide bonds. The molecule has 29 heavy (non-hydrogen) atoms. The zero-order valence-corrected chi connectivity index (χ0v) is 17.5. The van der Waals surface area contributed by atoms with Crippen LogP contribution < -0.4 is 4.72 Å². The van der Waals surface area contributed by atoms with Crippen LogP contribution in [0, 0.1) is 17.7 Å². The highest BCUT2D eigenvalue weighted by atomic mass is 32.2. The lowest BCUT2D eigenvalue weighted by Crippen LogP contribution is -2.61. The summed E-state index contributed by atoms with van der Waals surface area (Å²) in [5, 5.41) is 0. The van der Waals surface area contributed by atoms with Crippen LogP contribution in [-0.2, 0) is 10.5 Å². The van der Waals surface area contributed by atoms with Crippen LogP contribution in [0.5, 0.6) is 0 Å². The summed E-state index contributed by atoms with van der Waals surface area (Å²) < 4.78 is 33.5. The largest absolute Gasteiger partial charge is 0.337 e. The van der Waals surface area contributed by atoms with Crippen LogP contribution in [0.25, 0.3) is 11.1 Å². The fourth-order valence-corrected chi connectivity index (χ4v) is 4.82. The first-order valence-corrected chi connectivity index (χ1v) is 11.1. The molecule has 1 N–H and O–H groups in total. The van der Waals surface area contributed by atoms with E-state index in [9.17, 15) is 9.18 Å². The second-order valence-electron chi connectivity index (χ2n) is 7.96. The molecule has 2 unspecified atom stereocenters. The quantitative estimate of drug-likeness (QED) is 0.521. The van der Waals surface area contributed by atoms with E-state index in [1.165, 1.54) is 6.07 Å². The average Bonchev–Trinajstić information content (AvgIpc) is 3.42. The Morgan fingerprint density at radius 1 is 1.21 bits per heavy atom. The maximum atomic E-state index is 15.9. The van der Waals surface area contributed by atoms with Crippen molar-refractivity contribution in [3.63, 3.8) is 0 Å². The molecule has 2 aromatic carbocycles. The van der Waals surface area contributed by atoms with Crippen molar-refractivity contribution in [3.05, 3.63) is 59.9 Å². The SMILES string of the molecule is CCSNC[C@@H]1[C@H](C)CN1C(=O)C1CC1(F)c1ccccc1-c1ccccc1F. The highest BCUT2D eigenvalue weighted by molar-refractivity contribution is 7.97. The third kappa shape index (κ3) is 3.68. The van der Waals surface area contributed by atoms with Crippen LogP contribution in [-0.4, -0.2) is 35.7 Å². The number of hydrogen-bond acceptors (Lipinski definition) is 3. The molecule has 0 aromatic heterocycles. The lowest BCUT2D eigenvalue weighted by molar-refractivity contribution is -0.145. The highest BCUT2D eigenvalue weighted by Crippen LogP contribution is 2.59. The minimum absolute atomic E-state index is 0.105. The summed E-state index contributed by atoms with van der Waals surface area (Å²) in [6.45, 7) is 5.57. The molecule has 1 heterocycles. The van der Waals surface area contributed by atoms with Gasteiger partial charge in [-0.1, -0.05) is 68.3 Å². The van der Waals surface area contributed by atoms with Crippen molar-refractivity contribution in [2.24, 2.45) is 11.8 Å². The average molecular weight is 417 g/mol. The smallest absolute Gasteiger partial charge is 0.229 e. The van der Waals surface area contributed by atoms with E-state index in [1.54, 1.807) is 54.4 Å². The zero-order valence-electron chi connectivity index (χ0n) is 16.7. The van der Waals surface area contributed by atoms with Gasteiger partial charge in [0.2, 0.25) is 5.91 Å². The number of carbonyl (C=O) groups excluding carboxylic acids is 1. The number of hydrogen-bond donors (Lipinski definition) is 1. The molecule has 0 spiro atoms. The Morgan fingerprint density at radius 2 is 1.90 bits per heavy atom. The fourth-order valence-electron chi connectivity index (χ4n) is 4.33. The van der Waals surface area contributed by atoms with Gasteiger partial charge in [0.1, 0.15) is 11.5 Å². The van der Waals surface area contributed by atoms with Crippen molar-refractivity contribution in [1.82, 2.24) is 9.62 Å². The van der Waals surface area contributed by atoms with E-state index in [1.807, 2.05) is 4.90 Å². The first-order valence-electron chi connectivity index (χ1n) is 10.2. The molecule has 3 nitrogen and oxygen atoms in total. The number of nitrogens with zero attached hydrogens (tertiary/aromatic N) is 1. The molecule has 1 saturated heterocycles. The number of carbonyl (C=O) groups is 1. The Bertz CT molecular complexity index is 908. The van der Waals surface area contributed by atoms with Gasteiger partial charge < -0.3 is 4.90 Å². The minimum Gasteiger partial charge on any atom is -0.337 e. The van der Waals surface area contributed by atoms with Crippen LogP contribution in [0.15, 0.2) is 48.5 Å².